The third-order valence-electron chi connectivity index (χ3n) is 2.41. The zero-order chi connectivity index (χ0) is 13.8. The summed E-state index contributed by atoms with van der Waals surface area (Å²) in [7, 11) is 1.31. The maximum absolute atomic E-state index is 13.3. The Bertz CT molecular complexity index is 617. The van der Waals surface area contributed by atoms with Crippen molar-refractivity contribution in [1.29, 1.82) is 0 Å². The predicted molar refractivity (Wildman–Crippen MR) is 65.1 cm³/mol. The first-order valence-corrected chi connectivity index (χ1v) is 5.37. The molecule has 0 saturated heterocycles. The van der Waals surface area contributed by atoms with Crippen molar-refractivity contribution < 1.29 is 18.3 Å². The maximum atomic E-state index is 13.3. The number of hydrogen-bond acceptors (Lipinski definition) is 3. The van der Waals surface area contributed by atoms with Gasteiger partial charge in [0.1, 0.15) is 0 Å². The number of nitrogens with zero attached hydrogens (tertiary/aromatic N) is 1. The van der Waals surface area contributed by atoms with Crippen LogP contribution in [0.15, 0.2) is 36.5 Å². The van der Waals surface area contributed by atoms with Crippen LogP contribution in [-0.4, -0.2) is 18.0 Å². The summed E-state index contributed by atoms with van der Waals surface area (Å²) in [4.78, 5) is 15.2. The molecule has 0 saturated carbocycles. The maximum Gasteiger partial charge on any atom is 0.260 e. The van der Waals surface area contributed by atoms with Crippen LogP contribution in [0.5, 0.6) is 5.75 Å². The van der Waals surface area contributed by atoms with Crippen molar-refractivity contribution in [3.05, 3.63) is 53.9 Å². The van der Waals surface area contributed by atoms with Crippen LogP contribution in [0.3, 0.4) is 0 Å². The molecule has 0 unspecified atom stereocenters. The predicted octanol–water partition coefficient (Wildman–Crippen LogP) is 2.62. The summed E-state index contributed by atoms with van der Waals surface area (Å²) in [5.41, 5.74) is 0.109. The van der Waals surface area contributed by atoms with Gasteiger partial charge in [-0.15, -0.1) is 0 Å². The molecule has 1 heterocycles. The number of benzene rings is 1. The lowest BCUT2D eigenvalue weighted by Crippen LogP contribution is -2.14. The van der Waals surface area contributed by atoms with Crippen LogP contribution < -0.4 is 10.1 Å². The molecule has 1 amide bonds. The fourth-order valence-corrected chi connectivity index (χ4v) is 1.49. The van der Waals surface area contributed by atoms with Crippen LogP contribution in [0.2, 0.25) is 0 Å². The summed E-state index contributed by atoms with van der Waals surface area (Å²) in [6, 6.07) is 6.56. The van der Waals surface area contributed by atoms with Crippen molar-refractivity contribution >= 4 is 11.6 Å². The van der Waals surface area contributed by atoms with E-state index in [1.807, 2.05) is 0 Å². The second kappa shape index (κ2) is 5.43. The Morgan fingerprint density at radius 1 is 1.32 bits per heavy atom. The molecule has 0 aliphatic rings. The number of carbonyl (C=O) groups excluding carboxylic acids is 1. The number of pyridine rings is 1. The minimum absolute atomic E-state index is 0.00976. The second-order valence-electron chi connectivity index (χ2n) is 3.65. The van der Waals surface area contributed by atoms with E-state index >= 15 is 0 Å². The molecule has 98 valence electrons. The molecular formula is C13H10F2N2O2. The van der Waals surface area contributed by atoms with Crippen molar-refractivity contribution in [2.75, 3.05) is 12.4 Å². The molecule has 0 atom stereocenters. The summed E-state index contributed by atoms with van der Waals surface area (Å²) in [6.07, 6.45) is 1.24. The number of nitrogens with one attached hydrogen (secondary N) is 1. The normalized spacial score (nSPS) is 10.1. The van der Waals surface area contributed by atoms with E-state index in [2.05, 4.69) is 10.3 Å². The highest BCUT2D eigenvalue weighted by Crippen LogP contribution is 2.22. The zero-order valence-corrected chi connectivity index (χ0v) is 9.98. The molecule has 0 spiro atoms. The topological polar surface area (TPSA) is 51.2 Å². The molecule has 1 N–H and O–H groups in total. The highest BCUT2D eigenvalue weighted by molar-refractivity contribution is 6.04. The third-order valence-corrected chi connectivity index (χ3v) is 2.41. The largest absolute Gasteiger partial charge is 0.494 e. The van der Waals surface area contributed by atoms with Gasteiger partial charge in [0.2, 0.25) is 5.95 Å². The van der Waals surface area contributed by atoms with E-state index in [0.29, 0.717) is 5.69 Å². The van der Waals surface area contributed by atoms with E-state index in [1.54, 1.807) is 0 Å². The van der Waals surface area contributed by atoms with Crippen LogP contribution in [-0.2, 0) is 0 Å². The van der Waals surface area contributed by atoms with Gasteiger partial charge >= 0.3 is 0 Å². The van der Waals surface area contributed by atoms with Crippen LogP contribution in [0, 0.1) is 11.8 Å². The monoisotopic (exact) mass is 264 g/mol. The molecule has 1 aromatic heterocycles. The van der Waals surface area contributed by atoms with E-state index in [4.69, 9.17) is 4.74 Å². The summed E-state index contributed by atoms with van der Waals surface area (Å²) in [6.45, 7) is 0. The van der Waals surface area contributed by atoms with E-state index < -0.39 is 17.7 Å². The van der Waals surface area contributed by atoms with Crippen LogP contribution >= 0.6 is 0 Å². The molecule has 0 radical (unpaired) electrons. The number of ether oxygens (including phenoxy) is 1. The standard InChI is InChI=1S/C13H10F2N2O2/c1-19-11-7-8(4-5-10(11)14)17-13(18)9-3-2-6-16-12(9)15/h2-7H,1H3,(H,17,18). The molecule has 4 nitrogen and oxygen atoms in total. The Morgan fingerprint density at radius 2 is 2.11 bits per heavy atom. The minimum atomic E-state index is -0.867. The van der Waals surface area contributed by atoms with Crippen molar-refractivity contribution in [2.24, 2.45) is 0 Å². The smallest absolute Gasteiger partial charge is 0.260 e. The number of anilines is 1. The summed E-state index contributed by atoms with van der Waals surface area (Å²) in [5.74, 6) is -2.09. The van der Waals surface area contributed by atoms with Gasteiger partial charge in [-0.3, -0.25) is 4.79 Å². The average molecular weight is 264 g/mol. The van der Waals surface area contributed by atoms with Crippen molar-refractivity contribution in [2.45, 2.75) is 0 Å². The molecule has 2 aromatic rings. The summed E-state index contributed by atoms with van der Waals surface area (Å²) >= 11 is 0. The molecule has 0 aliphatic carbocycles. The highest BCUT2D eigenvalue weighted by Gasteiger charge is 2.13. The van der Waals surface area contributed by atoms with E-state index in [0.717, 1.165) is 6.07 Å². The number of hydrogen-bond donors (Lipinski definition) is 1. The lowest BCUT2D eigenvalue weighted by molar-refractivity contribution is 0.102. The first-order chi connectivity index (χ1) is 9.11. The van der Waals surface area contributed by atoms with Gasteiger partial charge in [-0.05, 0) is 24.3 Å². The van der Waals surface area contributed by atoms with Crippen molar-refractivity contribution in [1.82, 2.24) is 4.98 Å². The third kappa shape index (κ3) is 2.85. The van der Waals surface area contributed by atoms with Crippen molar-refractivity contribution in [3.8, 4) is 5.75 Å². The van der Waals surface area contributed by atoms with Crippen LogP contribution in [0.1, 0.15) is 10.4 Å². The number of amides is 1. The fourth-order valence-electron chi connectivity index (χ4n) is 1.49. The van der Waals surface area contributed by atoms with Gasteiger partial charge in [0.15, 0.2) is 11.6 Å². The van der Waals surface area contributed by atoms with Gasteiger partial charge < -0.3 is 10.1 Å². The van der Waals surface area contributed by atoms with Crippen molar-refractivity contribution in [3.63, 3.8) is 0 Å². The Balaban J connectivity index is 2.22. The second-order valence-corrected chi connectivity index (χ2v) is 3.65. The lowest BCUT2D eigenvalue weighted by atomic mass is 10.2. The van der Waals surface area contributed by atoms with Gasteiger partial charge in [0.05, 0.1) is 12.7 Å². The molecule has 1 aromatic carbocycles. The molecule has 2 rings (SSSR count). The Kier molecular flexibility index (Phi) is 3.70. The lowest BCUT2D eigenvalue weighted by Gasteiger charge is -2.08. The summed E-state index contributed by atoms with van der Waals surface area (Å²) in [5, 5.41) is 2.44. The molecule has 6 heteroatoms. The quantitative estimate of drug-likeness (QED) is 0.867. The molecule has 0 fully saturated rings. The van der Waals surface area contributed by atoms with Crippen LogP contribution in [0.4, 0.5) is 14.5 Å². The van der Waals surface area contributed by atoms with Crippen LogP contribution in [0.25, 0.3) is 0 Å². The average Bonchev–Trinajstić information content (AvgIpc) is 2.41. The molecule has 0 bridgehead atoms. The number of aromatic nitrogens is 1. The molecule has 19 heavy (non-hydrogen) atoms. The zero-order valence-electron chi connectivity index (χ0n) is 9.98. The summed E-state index contributed by atoms with van der Waals surface area (Å²) < 4.78 is 31.3. The number of methoxy groups -OCH3 is 1. The minimum Gasteiger partial charge on any atom is -0.494 e. The first kappa shape index (κ1) is 12.9. The Morgan fingerprint density at radius 3 is 2.79 bits per heavy atom. The van der Waals surface area contributed by atoms with Gasteiger partial charge in [-0.1, -0.05) is 0 Å². The SMILES string of the molecule is COc1cc(NC(=O)c2cccnc2F)ccc1F. The first-order valence-electron chi connectivity index (χ1n) is 5.37. The number of rotatable bonds is 3. The van der Waals surface area contributed by atoms with Gasteiger partial charge in [-0.2, -0.15) is 4.39 Å². The number of carbonyl (C=O) groups is 1. The van der Waals surface area contributed by atoms with E-state index in [9.17, 15) is 13.6 Å². The molecular weight excluding hydrogens is 254 g/mol. The highest BCUT2D eigenvalue weighted by atomic mass is 19.1. The molecule has 0 aliphatic heterocycles. The Labute approximate surface area is 108 Å². The van der Waals surface area contributed by atoms with Gasteiger partial charge in [-0.25, -0.2) is 9.37 Å². The fraction of sp³-hybridized carbons (Fsp3) is 0.0769. The Hall–Kier alpha value is -2.50. The van der Waals surface area contributed by atoms with E-state index in [-0.39, 0.29) is 11.3 Å². The van der Waals surface area contributed by atoms with Gasteiger partial charge in [0.25, 0.3) is 5.91 Å². The van der Waals surface area contributed by atoms with E-state index in [1.165, 1.54) is 37.6 Å². The number of halogens is 2. The van der Waals surface area contributed by atoms with Gasteiger partial charge in [0, 0.05) is 18.0 Å².